The van der Waals surface area contributed by atoms with Crippen molar-refractivity contribution in [3.05, 3.63) is 149 Å². The van der Waals surface area contributed by atoms with Crippen molar-refractivity contribution in [3.8, 4) is 0 Å². The molecule has 4 aromatic carbocycles. The second kappa shape index (κ2) is 15.5. The molecule has 0 unspecified atom stereocenters. The van der Waals surface area contributed by atoms with Gasteiger partial charge in [-0.25, -0.2) is 13.0 Å². The first-order chi connectivity index (χ1) is 24.1. The van der Waals surface area contributed by atoms with Gasteiger partial charge in [0, 0.05) is 52.7 Å². The average Bonchev–Trinajstić information content (AvgIpc) is 3.10. The summed E-state index contributed by atoms with van der Waals surface area (Å²) < 4.78 is 93.9. The molecule has 1 aliphatic rings. The predicted molar refractivity (Wildman–Crippen MR) is 199 cm³/mol. The van der Waals surface area contributed by atoms with Crippen molar-refractivity contribution < 1.29 is 38.9 Å². The van der Waals surface area contributed by atoms with Crippen molar-refractivity contribution in [2.24, 2.45) is 0 Å². The number of halogens is 1. The highest BCUT2D eigenvalue weighted by Gasteiger charge is 2.23. The van der Waals surface area contributed by atoms with Crippen molar-refractivity contribution in [2.45, 2.75) is 41.6 Å². The van der Waals surface area contributed by atoms with Gasteiger partial charge in [-0.15, -0.1) is 0 Å². The molecule has 266 valence electrons. The molecule has 0 amide bonds. The van der Waals surface area contributed by atoms with Gasteiger partial charge in [-0.1, -0.05) is 54.6 Å². The minimum Gasteiger partial charge on any atom is -0.367 e. The summed E-state index contributed by atoms with van der Waals surface area (Å²) in [5.41, 5.74) is 5.33. The van der Waals surface area contributed by atoms with Crippen LogP contribution < -0.4 is 4.90 Å². The van der Waals surface area contributed by atoms with E-state index >= 15 is 0 Å². The van der Waals surface area contributed by atoms with Gasteiger partial charge < -0.3 is 4.90 Å². The Bertz CT molecular complexity index is 2400. The van der Waals surface area contributed by atoms with E-state index < -0.39 is 29.3 Å². The molecule has 0 atom stereocenters. The van der Waals surface area contributed by atoms with E-state index in [1.807, 2.05) is 73.4 Å². The molecule has 14 heteroatoms. The highest BCUT2D eigenvalue weighted by atomic mass is 35.7. The van der Waals surface area contributed by atoms with E-state index in [9.17, 15) is 34.4 Å². The molecule has 0 radical (unpaired) electrons. The Kier molecular flexibility index (Phi) is 11.5. The fourth-order valence-electron chi connectivity index (χ4n) is 5.87. The zero-order chi connectivity index (χ0) is 37.0. The molecule has 0 fully saturated rings. The first kappa shape index (κ1) is 37.9. The SMILES string of the molecule is CCN(Cc1cccc(S(=O)(=O)O)c1)c1ccc(C(=C2C=CC(=[N+](CC)Cc3cccc(S(=O)(=O)Cl)c3)C=C2)c2ccccc2S(=O)(=O)O)cc1. The number of hydrogen-bond acceptors (Lipinski definition) is 7. The van der Waals surface area contributed by atoms with Crippen LogP contribution >= 0.6 is 10.7 Å². The Morgan fingerprint density at radius 3 is 1.90 bits per heavy atom. The van der Waals surface area contributed by atoms with Crippen LogP contribution in [-0.2, 0) is 42.4 Å². The molecule has 0 aliphatic heterocycles. The molecule has 0 heterocycles. The summed E-state index contributed by atoms with van der Waals surface area (Å²) in [7, 11) is -7.27. The lowest BCUT2D eigenvalue weighted by Crippen LogP contribution is -2.22. The lowest BCUT2D eigenvalue weighted by molar-refractivity contribution is -0.539. The Morgan fingerprint density at radius 2 is 1.31 bits per heavy atom. The number of benzene rings is 4. The van der Waals surface area contributed by atoms with Crippen LogP contribution in [0.3, 0.4) is 0 Å². The van der Waals surface area contributed by atoms with E-state index in [0.717, 1.165) is 17.0 Å². The number of rotatable bonds is 12. The first-order valence-corrected chi connectivity index (χ1v) is 21.0. The van der Waals surface area contributed by atoms with E-state index in [4.69, 9.17) is 10.7 Å². The van der Waals surface area contributed by atoms with Gasteiger partial charge in [0.15, 0.2) is 12.3 Å². The molecule has 0 aromatic heterocycles. The van der Waals surface area contributed by atoms with Gasteiger partial charge in [-0.05, 0) is 90.7 Å². The summed E-state index contributed by atoms with van der Waals surface area (Å²) in [6.45, 7) is 5.89. The first-order valence-electron chi connectivity index (χ1n) is 15.8. The molecule has 0 saturated carbocycles. The quantitative estimate of drug-likeness (QED) is 0.0909. The molecule has 4 aromatic rings. The minimum atomic E-state index is -4.59. The summed E-state index contributed by atoms with van der Waals surface area (Å²) in [6, 6.07) is 26.2. The molecular weight excluding hydrogens is 732 g/mol. The van der Waals surface area contributed by atoms with Crippen molar-refractivity contribution in [3.63, 3.8) is 0 Å². The van der Waals surface area contributed by atoms with E-state index in [1.54, 1.807) is 30.3 Å². The molecule has 10 nitrogen and oxygen atoms in total. The van der Waals surface area contributed by atoms with Crippen LogP contribution in [0.1, 0.15) is 36.1 Å². The van der Waals surface area contributed by atoms with Crippen LogP contribution in [0, 0.1) is 0 Å². The zero-order valence-electron chi connectivity index (χ0n) is 27.7. The average molecular weight is 768 g/mol. The normalized spacial score (nSPS) is 13.4. The third-order valence-corrected chi connectivity index (χ3v) is 11.5. The van der Waals surface area contributed by atoms with Crippen LogP contribution in [0.4, 0.5) is 5.69 Å². The molecular formula is C37H36ClN2O8S3+. The van der Waals surface area contributed by atoms with Crippen LogP contribution in [-0.4, -0.2) is 57.7 Å². The predicted octanol–water partition coefficient (Wildman–Crippen LogP) is 6.74. The monoisotopic (exact) mass is 767 g/mol. The van der Waals surface area contributed by atoms with Crippen molar-refractivity contribution in [1.29, 1.82) is 0 Å². The highest BCUT2D eigenvalue weighted by molar-refractivity contribution is 8.13. The second-order valence-corrected chi connectivity index (χ2v) is 17.1. The van der Waals surface area contributed by atoms with E-state index in [-0.39, 0.29) is 14.7 Å². The minimum absolute atomic E-state index is 0.0178. The van der Waals surface area contributed by atoms with Crippen molar-refractivity contribution in [1.82, 2.24) is 0 Å². The lowest BCUT2D eigenvalue weighted by atomic mass is 9.90. The molecule has 5 rings (SSSR count). The summed E-state index contributed by atoms with van der Waals surface area (Å²) in [6.07, 6.45) is 7.51. The second-order valence-electron chi connectivity index (χ2n) is 11.7. The van der Waals surface area contributed by atoms with Crippen LogP contribution in [0.2, 0.25) is 0 Å². The molecule has 1 aliphatic carbocycles. The largest absolute Gasteiger partial charge is 0.367 e. The fraction of sp³-hybridized carbons (Fsp3) is 0.162. The Hall–Kier alpha value is -4.37. The lowest BCUT2D eigenvalue weighted by Gasteiger charge is -2.24. The molecule has 0 spiro atoms. The number of hydrogen-bond donors (Lipinski definition) is 2. The molecule has 2 N–H and O–H groups in total. The van der Waals surface area contributed by atoms with Crippen molar-refractivity contribution >= 4 is 56.9 Å². The summed E-state index contributed by atoms with van der Waals surface area (Å²) in [4.78, 5) is 1.60. The Balaban J connectivity index is 1.54. The maximum absolute atomic E-state index is 12.5. The van der Waals surface area contributed by atoms with Gasteiger partial charge in [0.05, 0.1) is 9.79 Å². The van der Waals surface area contributed by atoms with Gasteiger partial charge in [-0.3, -0.25) is 9.11 Å². The van der Waals surface area contributed by atoms with Gasteiger partial charge >= 0.3 is 0 Å². The molecule has 0 bridgehead atoms. The smallest absolute Gasteiger partial charge is 0.295 e. The zero-order valence-corrected chi connectivity index (χ0v) is 30.9. The molecule has 0 saturated heterocycles. The van der Waals surface area contributed by atoms with Crippen molar-refractivity contribution in [2.75, 3.05) is 18.0 Å². The standard InChI is InChI=1S/C37H35ClN2O8S3/c1-3-39(25-27-9-7-11-33(23-27)49(38,41)42)31-19-15-29(16-20-31)37(35-13-5-6-14-36(35)51(46,47)48)30-17-21-32(22-18-30)40(4-2)26-28-10-8-12-34(24-28)50(43,44)45/h5-24H,3-4,25-26H2,1-2H3,(H-,43,44,45,46,47,48)/p+1. The summed E-state index contributed by atoms with van der Waals surface area (Å²) in [5, 5.41) is 0. The van der Waals surface area contributed by atoms with E-state index in [1.165, 1.54) is 36.4 Å². The maximum Gasteiger partial charge on any atom is 0.295 e. The third kappa shape index (κ3) is 9.30. The Labute approximate surface area is 303 Å². The van der Waals surface area contributed by atoms with Crippen LogP contribution in [0.15, 0.2) is 142 Å². The van der Waals surface area contributed by atoms with Gasteiger partial charge in [0.2, 0.25) is 0 Å². The van der Waals surface area contributed by atoms with Crippen LogP contribution in [0.25, 0.3) is 5.57 Å². The topological polar surface area (TPSA) is 149 Å². The van der Waals surface area contributed by atoms with Crippen LogP contribution in [0.5, 0.6) is 0 Å². The van der Waals surface area contributed by atoms with Gasteiger partial charge in [-0.2, -0.15) is 16.8 Å². The number of anilines is 1. The highest BCUT2D eigenvalue weighted by Crippen LogP contribution is 2.35. The number of allylic oxidation sites excluding steroid dienone is 5. The maximum atomic E-state index is 12.5. The van der Waals surface area contributed by atoms with Gasteiger partial charge in [0.1, 0.15) is 11.4 Å². The Morgan fingerprint density at radius 1 is 0.706 bits per heavy atom. The van der Waals surface area contributed by atoms with E-state index in [0.29, 0.717) is 54.0 Å². The van der Waals surface area contributed by atoms with E-state index in [2.05, 4.69) is 4.58 Å². The van der Waals surface area contributed by atoms with Gasteiger partial charge in [0.25, 0.3) is 29.3 Å². The molecule has 51 heavy (non-hydrogen) atoms. The summed E-state index contributed by atoms with van der Waals surface area (Å²) in [5.74, 6) is 0. The fourth-order valence-corrected chi connectivity index (χ4v) is 7.94. The third-order valence-electron chi connectivity index (χ3n) is 8.36. The number of nitrogens with zero attached hydrogens (tertiary/aromatic N) is 2. The summed E-state index contributed by atoms with van der Waals surface area (Å²) >= 11 is 0.